The number of benzene rings is 1. The van der Waals surface area contributed by atoms with Crippen LogP contribution >= 0.6 is 0 Å². The molecule has 0 saturated heterocycles. The lowest BCUT2D eigenvalue weighted by atomic mass is 9.90. The first-order chi connectivity index (χ1) is 7.11. The summed E-state index contributed by atoms with van der Waals surface area (Å²) in [6, 6.07) is 7.40. The number of hydrogen-bond donors (Lipinski definition) is 2. The van der Waals surface area contributed by atoms with Gasteiger partial charge in [0.25, 0.3) is 0 Å². The summed E-state index contributed by atoms with van der Waals surface area (Å²) in [5.74, 6) is 0.681. The Morgan fingerprint density at radius 1 is 1.33 bits per heavy atom. The van der Waals surface area contributed by atoms with Crippen LogP contribution in [0.5, 0.6) is 5.75 Å². The van der Waals surface area contributed by atoms with E-state index in [-0.39, 0.29) is 6.61 Å². The van der Waals surface area contributed by atoms with E-state index in [1.807, 2.05) is 24.3 Å². The van der Waals surface area contributed by atoms with Gasteiger partial charge in [0.2, 0.25) is 0 Å². The molecular formula is C12H18O3. The van der Waals surface area contributed by atoms with Crippen molar-refractivity contribution in [2.24, 2.45) is 0 Å². The Balaban J connectivity index is 2.92. The van der Waals surface area contributed by atoms with Crippen molar-refractivity contribution in [3.8, 4) is 5.75 Å². The second kappa shape index (κ2) is 5.14. The second-order valence-corrected chi connectivity index (χ2v) is 3.80. The van der Waals surface area contributed by atoms with Gasteiger partial charge in [0, 0.05) is 12.2 Å². The molecule has 3 nitrogen and oxygen atoms in total. The molecule has 0 aliphatic rings. The Kier molecular flexibility index (Phi) is 4.12. The van der Waals surface area contributed by atoms with Gasteiger partial charge in [-0.05, 0) is 25.8 Å². The van der Waals surface area contributed by atoms with Gasteiger partial charge in [-0.3, -0.25) is 0 Å². The van der Waals surface area contributed by atoms with Gasteiger partial charge in [0.1, 0.15) is 5.75 Å². The highest BCUT2D eigenvalue weighted by atomic mass is 16.5. The van der Waals surface area contributed by atoms with Gasteiger partial charge in [-0.1, -0.05) is 18.2 Å². The number of para-hydroxylation sites is 1. The zero-order chi connectivity index (χ0) is 11.3. The lowest BCUT2D eigenvalue weighted by Gasteiger charge is -2.25. The van der Waals surface area contributed by atoms with E-state index >= 15 is 0 Å². The standard InChI is InChI=1S/C12H18O3/c1-12(14,8-5-9-13)10-6-3-4-7-11(10)15-2/h3-4,6-7,13-14H,5,8-9H2,1-2H3. The summed E-state index contributed by atoms with van der Waals surface area (Å²) >= 11 is 0. The molecule has 0 amide bonds. The second-order valence-electron chi connectivity index (χ2n) is 3.80. The van der Waals surface area contributed by atoms with Crippen molar-refractivity contribution >= 4 is 0 Å². The minimum absolute atomic E-state index is 0.0886. The van der Waals surface area contributed by atoms with Crippen LogP contribution in [0, 0.1) is 0 Å². The summed E-state index contributed by atoms with van der Waals surface area (Å²) in [7, 11) is 1.58. The van der Waals surface area contributed by atoms with Crippen LogP contribution in [-0.4, -0.2) is 23.9 Å². The maximum absolute atomic E-state index is 10.2. The summed E-state index contributed by atoms with van der Waals surface area (Å²) in [5, 5.41) is 19.0. The predicted molar refractivity (Wildman–Crippen MR) is 58.9 cm³/mol. The fraction of sp³-hybridized carbons (Fsp3) is 0.500. The number of hydrogen-bond acceptors (Lipinski definition) is 3. The first-order valence-electron chi connectivity index (χ1n) is 5.08. The van der Waals surface area contributed by atoms with Crippen LogP contribution in [0.15, 0.2) is 24.3 Å². The molecule has 1 rings (SSSR count). The molecule has 1 aromatic carbocycles. The van der Waals surface area contributed by atoms with Gasteiger partial charge in [-0.15, -0.1) is 0 Å². The molecule has 1 atom stereocenters. The smallest absolute Gasteiger partial charge is 0.124 e. The molecule has 1 unspecified atom stereocenters. The maximum Gasteiger partial charge on any atom is 0.124 e. The number of aliphatic hydroxyl groups excluding tert-OH is 1. The molecule has 84 valence electrons. The molecule has 2 N–H and O–H groups in total. The normalized spacial score (nSPS) is 14.7. The summed E-state index contributed by atoms with van der Waals surface area (Å²) in [5.41, 5.74) is -0.184. The van der Waals surface area contributed by atoms with Crippen LogP contribution in [0.25, 0.3) is 0 Å². The van der Waals surface area contributed by atoms with Crippen LogP contribution < -0.4 is 4.74 Å². The average Bonchev–Trinajstić information content (AvgIpc) is 2.26. The van der Waals surface area contributed by atoms with Crippen molar-refractivity contribution in [1.29, 1.82) is 0 Å². The molecule has 15 heavy (non-hydrogen) atoms. The van der Waals surface area contributed by atoms with Gasteiger partial charge >= 0.3 is 0 Å². The highest BCUT2D eigenvalue weighted by Gasteiger charge is 2.25. The van der Waals surface area contributed by atoms with Gasteiger partial charge in [-0.2, -0.15) is 0 Å². The Labute approximate surface area is 90.3 Å². The number of aliphatic hydroxyl groups is 2. The molecule has 0 bridgehead atoms. The van der Waals surface area contributed by atoms with Crippen LogP contribution in [0.1, 0.15) is 25.3 Å². The average molecular weight is 210 g/mol. The van der Waals surface area contributed by atoms with Crippen molar-refractivity contribution in [3.05, 3.63) is 29.8 Å². The first-order valence-corrected chi connectivity index (χ1v) is 5.08. The predicted octanol–water partition coefficient (Wildman–Crippen LogP) is 1.68. The molecule has 3 heteroatoms. The van der Waals surface area contributed by atoms with E-state index in [1.165, 1.54) is 0 Å². The lowest BCUT2D eigenvalue weighted by Crippen LogP contribution is -2.22. The maximum atomic E-state index is 10.2. The van der Waals surface area contributed by atoms with E-state index in [2.05, 4.69) is 0 Å². The SMILES string of the molecule is COc1ccccc1C(C)(O)CCCO. The Bertz CT molecular complexity index is 307. The van der Waals surface area contributed by atoms with E-state index < -0.39 is 5.60 Å². The van der Waals surface area contributed by atoms with E-state index in [9.17, 15) is 5.11 Å². The fourth-order valence-electron chi connectivity index (χ4n) is 1.65. The van der Waals surface area contributed by atoms with Gasteiger partial charge in [0.15, 0.2) is 0 Å². The summed E-state index contributed by atoms with van der Waals surface area (Å²) in [6.45, 7) is 1.83. The van der Waals surface area contributed by atoms with E-state index in [1.54, 1.807) is 14.0 Å². The molecule has 1 aromatic rings. The van der Waals surface area contributed by atoms with Crippen molar-refractivity contribution < 1.29 is 14.9 Å². The summed E-state index contributed by atoms with van der Waals surface area (Å²) in [4.78, 5) is 0. The molecule has 0 spiro atoms. The third kappa shape index (κ3) is 2.94. The quantitative estimate of drug-likeness (QED) is 0.777. The van der Waals surface area contributed by atoms with Crippen molar-refractivity contribution in [2.75, 3.05) is 13.7 Å². The lowest BCUT2D eigenvalue weighted by molar-refractivity contribution is 0.0380. The van der Waals surface area contributed by atoms with Crippen LogP contribution in [0.3, 0.4) is 0 Å². The van der Waals surface area contributed by atoms with Crippen LogP contribution in [-0.2, 0) is 5.60 Å². The largest absolute Gasteiger partial charge is 0.496 e. The molecule has 0 saturated carbocycles. The van der Waals surface area contributed by atoms with Crippen LogP contribution in [0.4, 0.5) is 0 Å². The van der Waals surface area contributed by atoms with Crippen LogP contribution in [0.2, 0.25) is 0 Å². The number of ether oxygens (including phenoxy) is 1. The van der Waals surface area contributed by atoms with Crippen molar-refractivity contribution in [1.82, 2.24) is 0 Å². The Morgan fingerprint density at radius 3 is 2.60 bits per heavy atom. The highest BCUT2D eigenvalue weighted by Crippen LogP contribution is 2.32. The van der Waals surface area contributed by atoms with Gasteiger partial charge < -0.3 is 14.9 Å². The number of rotatable bonds is 5. The zero-order valence-electron chi connectivity index (χ0n) is 9.23. The zero-order valence-corrected chi connectivity index (χ0v) is 9.23. The van der Waals surface area contributed by atoms with E-state index in [4.69, 9.17) is 9.84 Å². The van der Waals surface area contributed by atoms with E-state index in [0.717, 1.165) is 5.56 Å². The Hall–Kier alpha value is -1.06. The third-order valence-electron chi connectivity index (χ3n) is 2.51. The molecule has 0 heterocycles. The molecule has 0 radical (unpaired) electrons. The monoisotopic (exact) mass is 210 g/mol. The van der Waals surface area contributed by atoms with Crippen molar-refractivity contribution in [3.63, 3.8) is 0 Å². The third-order valence-corrected chi connectivity index (χ3v) is 2.51. The summed E-state index contributed by atoms with van der Waals surface area (Å²) in [6.07, 6.45) is 1.09. The molecule has 0 aromatic heterocycles. The topological polar surface area (TPSA) is 49.7 Å². The molecule has 0 aliphatic carbocycles. The minimum Gasteiger partial charge on any atom is -0.496 e. The van der Waals surface area contributed by atoms with Gasteiger partial charge in [-0.25, -0.2) is 0 Å². The van der Waals surface area contributed by atoms with Crippen molar-refractivity contribution in [2.45, 2.75) is 25.4 Å². The number of methoxy groups -OCH3 is 1. The highest BCUT2D eigenvalue weighted by molar-refractivity contribution is 5.37. The first kappa shape index (κ1) is 12.0. The molecular weight excluding hydrogens is 192 g/mol. The van der Waals surface area contributed by atoms with Gasteiger partial charge in [0.05, 0.1) is 12.7 Å². The summed E-state index contributed by atoms with van der Waals surface area (Å²) < 4.78 is 5.19. The molecule has 0 fully saturated rings. The van der Waals surface area contributed by atoms with E-state index in [0.29, 0.717) is 18.6 Å². The fourth-order valence-corrected chi connectivity index (χ4v) is 1.65. The minimum atomic E-state index is -0.949. The molecule has 0 aliphatic heterocycles. The Morgan fingerprint density at radius 2 is 2.00 bits per heavy atom.